The van der Waals surface area contributed by atoms with Crippen LogP contribution in [-0.2, 0) is 0 Å². The highest BCUT2D eigenvalue weighted by molar-refractivity contribution is 9.10. The minimum Gasteiger partial charge on any atom is -0.351 e. The van der Waals surface area contributed by atoms with Gasteiger partial charge in [-0.1, -0.05) is 12.8 Å². The Kier molecular flexibility index (Phi) is 4.90. The molecule has 0 spiro atoms. The van der Waals surface area contributed by atoms with Gasteiger partial charge in [0.1, 0.15) is 5.82 Å². The number of hydrogen-bond donors (Lipinski definition) is 1. The quantitative estimate of drug-likeness (QED) is 0.893. The van der Waals surface area contributed by atoms with Crippen molar-refractivity contribution in [2.75, 3.05) is 12.8 Å². The summed E-state index contributed by atoms with van der Waals surface area (Å²) in [7, 11) is 0. The number of thioether (sulfide) groups is 1. The molecular formula is C14H17BrFNOS. The van der Waals surface area contributed by atoms with Crippen LogP contribution in [0.2, 0.25) is 0 Å². The lowest BCUT2D eigenvalue weighted by Crippen LogP contribution is -2.38. The van der Waals surface area contributed by atoms with Crippen LogP contribution in [0.25, 0.3) is 0 Å². The lowest BCUT2D eigenvalue weighted by Gasteiger charge is -2.26. The summed E-state index contributed by atoms with van der Waals surface area (Å²) in [5.74, 6) is -0.611. The van der Waals surface area contributed by atoms with E-state index in [0.717, 1.165) is 12.8 Å². The molecule has 1 aliphatic rings. The Morgan fingerprint density at radius 2 is 2.16 bits per heavy atom. The van der Waals surface area contributed by atoms with Gasteiger partial charge in [-0.2, -0.15) is 11.8 Å². The molecule has 1 aliphatic carbocycles. The molecule has 1 aromatic rings. The first-order valence-electron chi connectivity index (χ1n) is 6.35. The average Bonchev–Trinajstić information content (AvgIpc) is 2.89. The molecular weight excluding hydrogens is 329 g/mol. The minimum atomic E-state index is -0.409. The van der Waals surface area contributed by atoms with E-state index in [4.69, 9.17) is 0 Å². The van der Waals surface area contributed by atoms with Crippen molar-refractivity contribution in [3.05, 3.63) is 34.1 Å². The van der Waals surface area contributed by atoms with Crippen LogP contribution in [0, 0.1) is 5.82 Å². The van der Waals surface area contributed by atoms with Gasteiger partial charge in [-0.15, -0.1) is 0 Å². The molecule has 0 aromatic heterocycles. The SMILES string of the molecule is CSC1(CNC(=O)c2ccc(Br)c(F)c2)CCCC1. The fourth-order valence-corrected chi connectivity index (χ4v) is 3.61. The van der Waals surface area contributed by atoms with Gasteiger partial charge in [0.05, 0.1) is 4.47 Å². The molecule has 1 N–H and O–H groups in total. The smallest absolute Gasteiger partial charge is 0.251 e. The highest BCUT2D eigenvalue weighted by Crippen LogP contribution is 2.39. The maximum absolute atomic E-state index is 13.4. The Labute approximate surface area is 125 Å². The molecule has 2 rings (SSSR count). The minimum absolute atomic E-state index is 0.170. The Morgan fingerprint density at radius 3 is 2.74 bits per heavy atom. The average molecular weight is 346 g/mol. The standard InChI is InChI=1S/C14H17BrFNOS/c1-19-14(6-2-3-7-14)9-17-13(18)10-4-5-11(15)12(16)8-10/h4-5,8H,2-3,6-7,9H2,1H3,(H,17,18). The van der Waals surface area contributed by atoms with Crippen molar-refractivity contribution in [3.8, 4) is 0 Å². The van der Waals surface area contributed by atoms with Crippen LogP contribution < -0.4 is 5.32 Å². The molecule has 0 saturated heterocycles. The van der Waals surface area contributed by atoms with Crippen LogP contribution in [0.15, 0.2) is 22.7 Å². The number of halogens is 2. The van der Waals surface area contributed by atoms with E-state index in [1.165, 1.54) is 18.9 Å². The monoisotopic (exact) mass is 345 g/mol. The van der Waals surface area contributed by atoms with Gasteiger partial charge in [0.2, 0.25) is 0 Å². The van der Waals surface area contributed by atoms with Crippen molar-refractivity contribution in [3.63, 3.8) is 0 Å². The summed E-state index contributed by atoms with van der Waals surface area (Å²) >= 11 is 4.91. The molecule has 1 amide bonds. The number of amides is 1. The Morgan fingerprint density at radius 1 is 1.47 bits per heavy atom. The van der Waals surface area contributed by atoms with Gasteiger partial charge in [0.15, 0.2) is 0 Å². The summed E-state index contributed by atoms with van der Waals surface area (Å²) in [5.41, 5.74) is 0.370. The second-order valence-corrected chi connectivity index (χ2v) is 7.03. The van der Waals surface area contributed by atoms with Crippen LogP contribution in [0.3, 0.4) is 0 Å². The second kappa shape index (κ2) is 6.27. The van der Waals surface area contributed by atoms with Crippen molar-refractivity contribution in [1.82, 2.24) is 5.32 Å². The third kappa shape index (κ3) is 3.51. The van der Waals surface area contributed by atoms with Gasteiger partial charge < -0.3 is 5.32 Å². The normalized spacial score (nSPS) is 17.4. The van der Waals surface area contributed by atoms with Gasteiger partial charge in [-0.25, -0.2) is 4.39 Å². The molecule has 0 radical (unpaired) electrons. The number of carbonyl (C=O) groups is 1. The van der Waals surface area contributed by atoms with E-state index >= 15 is 0 Å². The van der Waals surface area contributed by atoms with Crippen LogP contribution in [0.1, 0.15) is 36.0 Å². The summed E-state index contributed by atoms with van der Waals surface area (Å²) in [4.78, 5) is 12.0. The molecule has 1 aromatic carbocycles. The number of rotatable bonds is 4. The number of hydrogen-bond acceptors (Lipinski definition) is 2. The van der Waals surface area contributed by atoms with Crippen molar-refractivity contribution < 1.29 is 9.18 Å². The van der Waals surface area contributed by atoms with Gasteiger partial charge in [0, 0.05) is 16.9 Å². The fraction of sp³-hybridized carbons (Fsp3) is 0.500. The Hall–Kier alpha value is -0.550. The third-order valence-corrected chi connectivity index (χ3v) is 5.76. The predicted octanol–water partition coefficient (Wildman–Crippen LogP) is 3.99. The molecule has 5 heteroatoms. The lowest BCUT2D eigenvalue weighted by atomic mass is 10.1. The molecule has 0 heterocycles. The molecule has 104 valence electrons. The summed E-state index contributed by atoms with van der Waals surface area (Å²) in [5, 5.41) is 2.94. The van der Waals surface area contributed by atoms with Crippen LogP contribution >= 0.6 is 27.7 Å². The van der Waals surface area contributed by atoms with Gasteiger partial charge in [-0.3, -0.25) is 4.79 Å². The lowest BCUT2D eigenvalue weighted by molar-refractivity contribution is 0.0949. The molecule has 19 heavy (non-hydrogen) atoms. The first kappa shape index (κ1) is 14.9. The van der Waals surface area contributed by atoms with Crippen LogP contribution in [0.5, 0.6) is 0 Å². The molecule has 1 saturated carbocycles. The largest absolute Gasteiger partial charge is 0.351 e. The summed E-state index contributed by atoms with van der Waals surface area (Å²) in [6.07, 6.45) is 6.83. The van der Waals surface area contributed by atoms with Crippen molar-refractivity contribution in [1.29, 1.82) is 0 Å². The second-order valence-electron chi connectivity index (χ2n) is 4.91. The third-order valence-electron chi connectivity index (χ3n) is 3.70. The van der Waals surface area contributed by atoms with Crippen molar-refractivity contribution in [2.45, 2.75) is 30.4 Å². The zero-order chi connectivity index (χ0) is 13.9. The highest BCUT2D eigenvalue weighted by atomic mass is 79.9. The van der Waals surface area contributed by atoms with E-state index in [2.05, 4.69) is 27.5 Å². The highest BCUT2D eigenvalue weighted by Gasteiger charge is 2.33. The van der Waals surface area contributed by atoms with E-state index in [1.54, 1.807) is 12.1 Å². The van der Waals surface area contributed by atoms with E-state index in [0.29, 0.717) is 16.6 Å². The van der Waals surface area contributed by atoms with Crippen LogP contribution in [-0.4, -0.2) is 23.5 Å². The van der Waals surface area contributed by atoms with Gasteiger partial charge in [0.25, 0.3) is 5.91 Å². The molecule has 0 unspecified atom stereocenters. The van der Waals surface area contributed by atoms with Crippen molar-refractivity contribution >= 4 is 33.6 Å². The zero-order valence-corrected chi connectivity index (χ0v) is 13.2. The maximum Gasteiger partial charge on any atom is 0.251 e. The summed E-state index contributed by atoms with van der Waals surface area (Å²) in [6.45, 7) is 0.657. The van der Waals surface area contributed by atoms with Gasteiger partial charge >= 0.3 is 0 Å². The summed E-state index contributed by atoms with van der Waals surface area (Å²) < 4.78 is 13.9. The molecule has 0 bridgehead atoms. The molecule has 2 nitrogen and oxygen atoms in total. The molecule has 0 aliphatic heterocycles. The zero-order valence-electron chi connectivity index (χ0n) is 10.8. The Bertz CT molecular complexity index is 475. The van der Waals surface area contributed by atoms with Gasteiger partial charge in [-0.05, 0) is 53.2 Å². The van der Waals surface area contributed by atoms with E-state index in [9.17, 15) is 9.18 Å². The fourth-order valence-electron chi connectivity index (χ4n) is 2.45. The predicted molar refractivity (Wildman–Crippen MR) is 81.1 cm³/mol. The first-order chi connectivity index (χ1) is 9.06. The van der Waals surface area contributed by atoms with Crippen molar-refractivity contribution in [2.24, 2.45) is 0 Å². The van der Waals surface area contributed by atoms with E-state index < -0.39 is 5.82 Å². The topological polar surface area (TPSA) is 29.1 Å². The molecule has 1 fully saturated rings. The van der Waals surface area contributed by atoms with Crippen LogP contribution in [0.4, 0.5) is 4.39 Å². The number of benzene rings is 1. The number of nitrogens with one attached hydrogen (secondary N) is 1. The number of carbonyl (C=O) groups excluding carboxylic acids is 1. The Balaban J connectivity index is 1.99. The summed E-state index contributed by atoms with van der Waals surface area (Å²) in [6, 6.07) is 4.45. The van der Waals surface area contributed by atoms with E-state index in [1.807, 2.05) is 11.8 Å². The maximum atomic E-state index is 13.4. The van der Waals surface area contributed by atoms with E-state index in [-0.39, 0.29) is 10.7 Å². The molecule has 0 atom stereocenters. The first-order valence-corrected chi connectivity index (χ1v) is 8.36.